The van der Waals surface area contributed by atoms with Crippen LogP contribution in [-0.4, -0.2) is 27.4 Å². The molecule has 5 aromatic rings. The molecule has 202 valence electrons. The maximum absolute atomic E-state index is 14.0. The average Bonchev–Trinajstić information content (AvgIpc) is 3.28. The van der Waals surface area contributed by atoms with Gasteiger partial charge < -0.3 is 0 Å². The predicted octanol–water partition coefficient (Wildman–Crippen LogP) is 6.96. The van der Waals surface area contributed by atoms with Gasteiger partial charge in [0.05, 0.1) is 23.0 Å². The lowest BCUT2D eigenvalue weighted by Crippen LogP contribution is -2.24. The quantitative estimate of drug-likeness (QED) is 0.1000. The zero-order valence-corrected chi connectivity index (χ0v) is 24.5. The molecule has 0 radical (unpaired) electrons. The summed E-state index contributed by atoms with van der Waals surface area (Å²) in [5, 5.41) is 5.17. The maximum atomic E-state index is 14.0. The van der Waals surface area contributed by atoms with E-state index < -0.39 is 0 Å². The molecule has 0 unspecified atom stereocenters. The molecule has 8 heteroatoms. The lowest BCUT2D eigenvalue weighted by Gasteiger charge is -2.18. The van der Waals surface area contributed by atoms with Crippen LogP contribution >= 0.6 is 23.1 Å². The summed E-state index contributed by atoms with van der Waals surface area (Å²) in [6, 6.07) is 27.4. The molecule has 0 saturated carbocycles. The van der Waals surface area contributed by atoms with Gasteiger partial charge in [0.25, 0.3) is 11.5 Å². The van der Waals surface area contributed by atoms with Crippen LogP contribution in [0.3, 0.4) is 0 Å². The van der Waals surface area contributed by atoms with Crippen molar-refractivity contribution >= 4 is 45.4 Å². The Kier molecular flexibility index (Phi) is 8.00. The molecule has 1 amide bonds. The van der Waals surface area contributed by atoms with E-state index in [-0.39, 0.29) is 22.6 Å². The third-order valence-electron chi connectivity index (χ3n) is 6.46. The fraction of sp³-hybridized carbons (Fsp3) is 0.188. The van der Waals surface area contributed by atoms with Gasteiger partial charge in [-0.1, -0.05) is 105 Å². The Morgan fingerprint density at radius 1 is 1.00 bits per heavy atom. The first-order valence-corrected chi connectivity index (χ1v) is 14.7. The van der Waals surface area contributed by atoms with Crippen molar-refractivity contribution in [3.8, 4) is 16.8 Å². The highest BCUT2D eigenvalue weighted by atomic mass is 32.2. The monoisotopic (exact) mass is 566 g/mol. The van der Waals surface area contributed by atoms with E-state index >= 15 is 0 Å². The van der Waals surface area contributed by atoms with Crippen LogP contribution in [0, 0.1) is 6.92 Å². The number of thioether (sulfide) groups is 1. The van der Waals surface area contributed by atoms with Crippen LogP contribution in [0.5, 0.6) is 0 Å². The fourth-order valence-electron chi connectivity index (χ4n) is 4.41. The molecule has 0 atom stereocenters. The lowest BCUT2D eigenvalue weighted by molar-refractivity contribution is -0.118. The Morgan fingerprint density at radius 3 is 2.30 bits per heavy atom. The zero-order valence-electron chi connectivity index (χ0n) is 22.8. The van der Waals surface area contributed by atoms with E-state index in [0.29, 0.717) is 21.1 Å². The number of aryl methyl sites for hydroxylation is 1. The number of hydrazone groups is 1. The van der Waals surface area contributed by atoms with E-state index in [0.717, 1.165) is 21.6 Å². The standard InChI is InChI=1S/C32H30N4O2S2/c1-21-27(23-11-7-5-8-12-23)28-29(40-21)34-31(36(30(28)38)25-13-9-6-10-14-25)39-20-26(37)35-33-19-22-15-17-24(18-16-22)32(2,3)4/h5-19H,20H2,1-4H3,(H,35,37)/b33-19+. The van der Waals surface area contributed by atoms with Crippen LogP contribution in [0.2, 0.25) is 0 Å². The molecule has 2 aromatic heterocycles. The molecule has 6 nitrogen and oxygen atoms in total. The van der Waals surface area contributed by atoms with Crippen LogP contribution in [-0.2, 0) is 10.2 Å². The van der Waals surface area contributed by atoms with Gasteiger partial charge in [0.1, 0.15) is 4.83 Å². The number of aromatic nitrogens is 2. The number of hydrogen-bond acceptors (Lipinski definition) is 6. The molecule has 0 spiro atoms. The van der Waals surface area contributed by atoms with Crippen LogP contribution in [0.4, 0.5) is 0 Å². The summed E-state index contributed by atoms with van der Waals surface area (Å²) in [6.45, 7) is 8.51. The number of para-hydroxylation sites is 1. The van der Waals surface area contributed by atoms with Gasteiger partial charge in [0.15, 0.2) is 5.16 Å². The van der Waals surface area contributed by atoms with E-state index in [1.165, 1.54) is 28.7 Å². The number of nitrogens with zero attached hydrogens (tertiary/aromatic N) is 3. The highest BCUT2D eigenvalue weighted by Gasteiger charge is 2.21. The summed E-state index contributed by atoms with van der Waals surface area (Å²) in [4.78, 5) is 33.2. The summed E-state index contributed by atoms with van der Waals surface area (Å²) in [5.41, 5.74) is 7.22. The molecule has 0 aliphatic heterocycles. The van der Waals surface area contributed by atoms with Gasteiger partial charge in [-0.15, -0.1) is 11.3 Å². The first kappa shape index (κ1) is 27.6. The minimum absolute atomic E-state index is 0.0565. The number of amides is 1. The molecular formula is C32H30N4O2S2. The molecule has 1 N–H and O–H groups in total. The van der Waals surface area contributed by atoms with Crippen LogP contribution in [0.25, 0.3) is 27.0 Å². The van der Waals surface area contributed by atoms with Crippen molar-refractivity contribution in [2.45, 2.75) is 38.3 Å². The molecule has 40 heavy (non-hydrogen) atoms. The van der Waals surface area contributed by atoms with Gasteiger partial charge in [0.2, 0.25) is 0 Å². The van der Waals surface area contributed by atoms with E-state index in [4.69, 9.17) is 4.98 Å². The number of carbonyl (C=O) groups excluding carboxylic acids is 1. The van der Waals surface area contributed by atoms with Crippen LogP contribution < -0.4 is 11.0 Å². The largest absolute Gasteiger partial charge is 0.272 e. The highest BCUT2D eigenvalue weighted by Crippen LogP contribution is 2.37. The molecule has 0 fully saturated rings. The fourth-order valence-corrected chi connectivity index (χ4v) is 6.30. The Labute approximate surface area is 241 Å². The van der Waals surface area contributed by atoms with E-state index in [1.54, 1.807) is 10.8 Å². The second-order valence-electron chi connectivity index (χ2n) is 10.4. The number of nitrogens with one attached hydrogen (secondary N) is 1. The van der Waals surface area contributed by atoms with Crippen molar-refractivity contribution < 1.29 is 4.79 Å². The van der Waals surface area contributed by atoms with Gasteiger partial charge in [-0.25, -0.2) is 10.4 Å². The third kappa shape index (κ3) is 5.93. The number of hydrogen-bond donors (Lipinski definition) is 1. The second-order valence-corrected chi connectivity index (χ2v) is 12.5. The first-order chi connectivity index (χ1) is 19.2. The first-order valence-electron chi connectivity index (χ1n) is 12.9. The normalized spacial score (nSPS) is 11.8. The summed E-state index contributed by atoms with van der Waals surface area (Å²) < 4.78 is 1.60. The molecule has 5 rings (SSSR count). The summed E-state index contributed by atoms with van der Waals surface area (Å²) >= 11 is 2.71. The second kappa shape index (κ2) is 11.6. The number of fused-ring (bicyclic) bond motifs is 1. The average molecular weight is 567 g/mol. The van der Waals surface area contributed by atoms with Crippen molar-refractivity contribution in [3.63, 3.8) is 0 Å². The lowest BCUT2D eigenvalue weighted by atomic mass is 9.87. The number of rotatable bonds is 7. The molecule has 0 aliphatic rings. The van der Waals surface area contributed by atoms with Crippen LogP contribution in [0.1, 0.15) is 36.8 Å². The minimum atomic E-state index is -0.283. The third-order valence-corrected chi connectivity index (χ3v) is 8.40. The summed E-state index contributed by atoms with van der Waals surface area (Å²) in [5.74, 6) is -0.227. The Balaban J connectivity index is 1.40. The van der Waals surface area contributed by atoms with Crippen molar-refractivity contribution in [3.05, 3.63) is 111 Å². The smallest absolute Gasteiger partial charge is 0.268 e. The maximum Gasteiger partial charge on any atom is 0.268 e. The summed E-state index contributed by atoms with van der Waals surface area (Å²) in [7, 11) is 0. The van der Waals surface area contributed by atoms with Gasteiger partial charge in [0, 0.05) is 10.4 Å². The molecule has 0 saturated heterocycles. The van der Waals surface area contributed by atoms with Crippen molar-refractivity contribution in [2.75, 3.05) is 5.75 Å². The van der Waals surface area contributed by atoms with Crippen molar-refractivity contribution in [1.82, 2.24) is 15.0 Å². The number of benzene rings is 3. The van der Waals surface area contributed by atoms with Gasteiger partial charge in [-0.2, -0.15) is 5.10 Å². The molecule has 0 aliphatic carbocycles. The Bertz CT molecular complexity index is 1730. The van der Waals surface area contributed by atoms with E-state index in [9.17, 15) is 9.59 Å². The Morgan fingerprint density at radius 2 is 1.65 bits per heavy atom. The summed E-state index contributed by atoms with van der Waals surface area (Å²) in [6.07, 6.45) is 1.62. The van der Waals surface area contributed by atoms with Gasteiger partial charge >= 0.3 is 0 Å². The van der Waals surface area contributed by atoms with E-state index in [1.807, 2.05) is 79.7 Å². The number of thiophene rings is 1. The predicted molar refractivity (Wildman–Crippen MR) is 167 cm³/mol. The van der Waals surface area contributed by atoms with Crippen LogP contribution in [0.15, 0.2) is 100.0 Å². The highest BCUT2D eigenvalue weighted by molar-refractivity contribution is 7.99. The SMILES string of the molecule is Cc1sc2nc(SCC(=O)N/N=C/c3ccc(C(C)(C)C)cc3)n(-c3ccccc3)c(=O)c2c1-c1ccccc1. The minimum Gasteiger partial charge on any atom is -0.272 e. The van der Waals surface area contributed by atoms with Crippen molar-refractivity contribution in [2.24, 2.45) is 5.10 Å². The molecule has 0 bridgehead atoms. The Hall–Kier alpha value is -4.01. The topological polar surface area (TPSA) is 76.3 Å². The zero-order chi connectivity index (χ0) is 28.3. The van der Waals surface area contributed by atoms with Crippen molar-refractivity contribution in [1.29, 1.82) is 0 Å². The molecule has 3 aromatic carbocycles. The van der Waals surface area contributed by atoms with E-state index in [2.05, 4.69) is 43.4 Å². The molecular weight excluding hydrogens is 537 g/mol. The molecule has 2 heterocycles. The van der Waals surface area contributed by atoms with Gasteiger partial charge in [-0.05, 0) is 41.2 Å². The number of carbonyl (C=O) groups is 1. The van der Waals surface area contributed by atoms with Gasteiger partial charge in [-0.3, -0.25) is 14.2 Å².